The van der Waals surface area contributed by atoms with Crippen molar-refractivity contribution < 1.29 is 9.90 Å². The molecule has 0 bridgehead atoms. The highest BCUT2D eigenvalue weighted by Gasteiger charge is 2.12. The lowest BCUT2D eigenvalue weighted by molar-refractivity contribution is 0.101. The second-order valence-electron chi connectivity index (χ2n) is 2.63. The Morgan fingerprint density at radius 3 is 2.69 bits per heavy atom. The van der Waals surface area contributed by atoms with Crippen LogP contribution in [0.5, 0.6) is 5.75 Å². The number of phenols is 1. The van der Waals surface area contributed by atoms with Gasteiger partial charge in [-0.2, -0.15) is 5.26 Å². The molecular formula is C9H8N2O2. The van der Waals surface area contributed by atoms with E-state index in [9.17, 15) is 9.90 Å². The fraction of sp³-hybridized carbons (Fsp3) is 0.111. The van der Waals surface area contributed by atoms with Crippen LogP contribution < -0.4 is 5.73 Å². The SMILES string of the molecule is CC(=O)c1cc(N)cc(O)c1C#N. The number of aromatic hydroxyl groups is 1. The van der Waals surface area contributed by atoms with Gasteiger partial charge in [0.05, 0.1) is 0 Å². The molecule has 0 fully saturated rings. The largest absolute Gasteiger partial charge is 0.506 e. The summed E-state index contributed by atoms with van der Waals surface area (Å²) >= 11 is 0. The van der Waals surface area contributed by atoms with Gasteiger partial charge >= 0.3 is 0 Å². The number of rotatable bonds is 1. The normalized spacial score (nSPS) is 9.23. The molecule has 0 amide bonds. The first-order valence-electron chi connectivity index (χ1n) is 3.59. The molecule has 0 saturated heterocycles. The highest BCUT2D eigenvalue weighted by Crippen LogP contribution is 2.24. The molecule has 0 aliphatic heterocycles. The number of carbonyl (C=O) groups is 1. The topological polar surface area (TPSA) is 87.1 Å². The molecule has 0 unspecified atom stereocenters. The Hall–Kier alpha value is -2.02. The molecule has 66 valence electrons. The van der Waals surface area contributed by atoms with Crippen molar-refractivity contribution in [2.45, 2.75) is 6.92 Å². The Morgan fingerprint density at radius 1 is 1.62 bits per heavy atom. The van der Waals surface area contributed by atoms with E-state index in [0.717, 1.165) is 0 Å². The van der Waals surface area contributed by atoms with Crippen LogP contribution in [0, 0.1) is 11.3 Å². The number of nitrogens with zero attached hydrogens (tertiary/aromatic N) is 1. The molecule has 3 N–H and O–H groups in total. The minimum Gasteiger partial charge on any atom is -0.506 e. The maximum Gasteiger partial charge on any atom is 0.161 e. The fourth-order valence-electron chi connectivity index (χ4n) is 1.04. The molecule has 13 heavy (non-hydrogen) atoms. The first-order valence-corrected chi connectivity index (χ1v) is 3.59. The van der Waals surface area contributed by atoms with Crippen molar-refractivity contribution in [2.24, 2.45) is 0 Å². The van der Waals surface area contributed by atoms with Crippen LogP contribution in [0.25, 0.3) is 0 Å². The number of Topliss-reactive ketones (excluding diaryl/α,β-unsaturated/α-hetero) is 1. The van der Waals surface area contributed by atoms with Crippen LogP contribution in [0.2, 0.25) is 0 Å². The number of phenolic OH excluding ortho intramolecular Hbond substituents is 1. The Balaban J connectivity index is 3.50. The molecule has 4 heteroatoms. The molecule has 0 spiro atoms. The van der Waals surface area contributed by atoms with Crippen LogP contribution in [0.4, 0.5) is 5.69 Å². The zero-order chi connectivity index (χ0) is 10.0. The van der Waals surface area contributed by atoms with Crippen molar-refractivity contribution in [2.75, 3.05) is 5.73 Å². The average molecular weight is 176 g/mol. The summed E-state index contributed by atoms with van der Waals surface area (Å²) in [6, 6.07) is 4.36. The monoisotopic (exact) mass is 176 g/mol. The maximum atomic E-state index is 11.0. The fourth-order valence-corrected chi connectivity index (χ4v) is 1.04. The highest BCUT2D eigenvalue weighted by molar-refractivity contribution is 5.98. The second kappa shape index (κ2) is 3.15. The van der Waals surface area contributed by atoms with E-state index in [1.54, 1.807) is 6.07 Å². The van der Waals surface area contributed by atoms with Gasteiger partial charge in [0.25, 0.3) is 0 Å². The Labute approximate surface area is 75.2 Å². The zero-order valence-corrected chi connectivity index (χ0v) is 7.03. The number of carbonyl (C=O) groups excluding carboxylic acids is 1. The average Bonchev–Trinajstić information content (AvgIpc) is 2.02. The zero-order valence-electron chi connectivity index (χ0n) is 7.03. The smallest absolute Gasteiger partial charge is 0.161 e. The van der Waals surface area contributed by atoms with Crippen LogP contribution >= 0.6 is 0 Å². The minimum atomic E-state index is -0.292. The summed E-state index contributed by atoms with van der Waals surface area (Å²) in [5.41, 5.74) is 5.79. The van der Waals surface area contributed by atoms with Crippen molar-refractivity contribution >= 4 is 11.5 Å². The van der Waals surface area contributed by atoms with Gasteiger partial charge in [-0.25, -0.2) is 0 Å². The van der Waals surface area contributed by atoms with E-state index in [2.05, 4.69) is 0 Å². The molecule has 1 rings (SSSR count). The lowest BCUT2D eigenvalue weighted by atomic mass is 10.0. The van der Waals surface area contributed by atoms with Gasteiger partial charge in [0, 0.05) is 17.3 Å². The van der Waals surface area contributed by atoms with Gasteiger partial charge in [-0.05, 0) is 13.0 Å². The molecule has 0 aliphatic carbocycles. The molecule has 0 aromatic heterocycles. The van der Waals surface area contributed by atoms with Gasteiger partial charge in [0.1, 0.15) is 17.4 Å². The van der Waals surface area contributed by atoms with Gasteiger partial charge < -0.3 is 10.8 Å². The van der Waals surface area contributed by atoms with Crippen molar-refractivity contribution in [3.05, 3.63) is 23.3 Å². The number of hydrogen-bond donors (Lipinski definition) is 2. The summed E-state index contributed by atoms with van der Waals surface area (Å²) in [6.07, 6.45) is 0. The quantitative estimate of drug-likeness (QED) is 0.494. The Kier molecular flexibility index (Phi) is 2.20. The van der Waals surface area contributed by atoms with Gasteiger partial charge in [-0.15, -0.1) is 0 Å². The molecule has 0 heterocycles. The van der Waals surface area contributed by atoms with Gasteiger partial charge in [-0.3, -0.25) is 4.79 Å². The van der Waals surface area contributed by atoms with E-state index >= 15 is 0 Å². The summed E-state index contributed by atoms with van der Waals surface area (Å²) < 4.78 is 0. The van der Waals surface area contributed by atoms with E-state index in [1.807, 2.05) is 0 Å². The predicted octanol–water partition coefficient (Wildman–Crippen LogP) is 1.05. The molecule has 0 saturated carbocycles. The first-order chi connectivity index (χ1) is 6.06. The summed E-state index contributed by atoms with van der Waals surface area (Å²) in [7, 11) is 0. The number of hydrogen-bond acceptors (Lipinski definition) is 4. The number of nitriles is 1. The molecule has 0 radical (unpaired) electrons. The minimum absolute atomic E-state index is 0.0262. The molecule has 1 aromatic carbocycles. The molecule has 0 aliphatic rings. The number of anilines is 1. The van der Waals surface area contributed by atoms with E-state index in [0.29, 0.717) is 0 Å². The Bertz CT molecular complexity index is 405. The van der Waals surface area contributed by atoms with Crippen molar-refractivity contribution in [3.8, 4) is 11.8 Å². The van der Waals surface area contributed by atoms with Crippen LogP contribution in [0.15, 0.2) is 12.1 Å². The lowest BCUT2D eigenvalue weighted by Gasteiger charge is -2.03. The van der Waals surface area contributed by atoms with Gasteiger partial charge in [0.2, 0.25) is 0 Å². The van der Waals surface area contributed by atoms with Crippen LogP contribution in [-0.4, -0.2) is 10.9 Å². The maximum absolute atomic E-state index is 11.0. The molecular weight excluding hydrogens is 168 g/mol. The van der Waals surface area contributed by atoms with E-state index < -0.39 is 0 Å². The van der Waals surface area contributed by atoms with Gasteiger partial charge in [-0.1, -0.05) is 0 Å². The number of nitrogen functional groups attached to an aromatic ring is 1. The van der Waals surface area contributed by atoms with Crippen molar-refractivity contribution in [1.29, 1.82) is 5.26 Å². The van der Waals surface area contributed by atoms with Crippen molar-refractivity contribution in [1.82, 2.24) is 0 Å². The van der Waals surface area contributed by atoms with E-state index in [-0.39, 0.29) is 28.3 Å². The van der Waals surface area contributed by atoms with Gasteiger partial charge in [0.15, 0.2) is 5.78 Å². The lowest BCUT2D eigenvalue weighted by Crippen LogP contribution is -1.99. The first kappa shape index (κ1) is 9.07. The summed E-state index contributed by atoms with van der Waals surface area (Å²) in [5, 5.41) is 17.9. The summed E-state index contributed by atoms with van der Waals surface area (Å²) in [5.74, 6) is -0.549. The van der Waals surface area contributed by atoms with E-state index in [1.165, 1.54) is 19.1 Å². The molecule has 0 atom stereocenters. The van der Waals surface area contributed by atoms with Crippen LogP contribution in [-0.2, 0) is 0 Å². The predicted molar refractivity (Wildman–Crippen MR) is 47.2 cm³/mol. The standard InChI is InChI=1S/C9H8N2O2/c1-5(12)7-2-6(11)3-9(13)8(7)4-10/h2-3,13H,11H2,1H3. The van der Waals surface area contributed by atoms with Crippen LogP contribution in [0.3, 0.4) is 0 Å². The van der Waals surface area contributed by atoms with E-state index in [4.69, 9.17) is 11.0 Å². The third-order valence-electron chi connectivity index (χ3n) is 1.63. The molecule has 4 nitrogen and oxygen atoms in total. The third kappa shape index (κ3) is 1.59. The highest BCUT2D eigenvalue weighted by atomic mass is 16.3. The number of ketones is 1. The number of nitrogens with two attached hydrogens (primary N) is 1. The summed E-state index contributed by atoms with van der Waals surface area (Å²) in [6.45, 7) is 1.31. The third-order valence-corrected chi connectivity index (χ3v) is 1.63. The molecule has 1 aromatic rings. The van der Waals surface area contributed by atoms with Crippen molar-refractivity contribution in [3.63, 3.8) is 0 Å². The second-order valence-corrected chi connectivity index (χ2v) is 2.63. The summed E-state index contributed by atoms with van der Waals surface area (Å²) in [4.78, 5) is 11.0. The number of benzene rings is 1. The Morgan fingerprint density at radius 2 is 2.23 bits per heavy atom. The van der Waals surface area contributed by atoms with Crippen LogP contribution in [0.1, 0.15) is 22.8 Å².